The Morgan fingerprint density at radius 2 is 1.96 bits per heavy atom. The van der Waals surface area contributed by atoms with Crippen molar-refractivity contribution < 1.29 is 9.18 Å². The Labute approximate surface area is 144 Å². The van der Waals surface area contributed by atoms with Gasteiger partial charge in [-0.3, -0.25) is 9.36 Å². The SMILES string of the molecule is Cn1c(N2CCN(Cc3ccc(F)cc3)C(=O)C2)nc2cccnc21. The molecule has 7 heteroatoms. The first-order valence-electron chi connectivity index (χ1n) is 8.16. The molecule has 3 heterocycles. The number of pyridine rings is 1. The van der Waals surface area contributed by atoms with Crippen molar-refractivity contribution in [3.8, 4) is 0 Å². The number of anilines is 1. The molecule has 1 aliphatic heterocycles. The highest BCUT2D eigenvalue weighted by molar-refractivity contribution is 5.83. The topological polar surface area (TPSA) is 54.3 Å². The number of fused-ring (bicyclic) bond motifs is 1. The number of benzene rings is 1. The molecule has 4 rings (SSSR count). The molecule has 0 unspecified atom stereocenters. The fraction of sp³-hybridized carbons (Fsp3) is 0.278. The lowest BCUT2D eigenvalue weighted by Crippen LogP contribution is -2.50. The summed E-state index contributed by atoms with van der Waals surface area (Å²) < 4.78 is 14.9. The Hall–Kier alpha value is -2.96. The number of imidazole rings is 1. The highest BCUT2D eigenvalue weighted by atomic mass is 19.1. The van der Waals surface area contributed by atoms with E-state index in [4.69, 9.17) is 0 Å². The fourth-order valence-electron chi connectivity index (χ4n) is 3.15. The van der Waals surface area contributed by atoms with Gasteiger partial charge in [-0.05, 0) is 29.8 Å². The average molecular weight is 339 g/mol. The zero-order valence-corrected chi connectivity index (χ0v) is 13.9. The molecule has 6 nitrogen and oxygen atoms in total. The number of aromatic nitrogens is 3. The lowest BCUT2D eigenvalue weighted by atomic mass is 10.2. The van der Waals surface area contributed by atoms with Crippen molar-refractivity contribution in [1.82, 2.24) is 19.4 Å². The number of hydrogen-bond donors (Lipinski definition) is 0. The molecule has 0 radical (unpaired) electrons. The van der Waals surface area contributed by atoms with Gasteiger partial charge in [0.2, 0.25) is 11.9 Å². The van der Waals surface area contributed by atoms with E-state index < -0.39 is 0 Å². The molecule has 0 spiro atoms. The van der Waals surface area contributed by atoms with E-state index in [1.165, 1.54) is 12.1 Å². The van der Waals surface area contributed by atoms with Gasteiger partial charge in [-0.25, -0.2) is 14.4 Å². The monoisotopic (exact) mass is 339 g/mol. The van der Waals surface area contributed by atoms with Crippen molar-refractivity contribution in [3.63, 3.8) is 0 Å². The summed E-state index contributed by atoms with van der Waals surface area (Å²) in [6, 6.07) is 10.0. The van der Waals surface area contributed by atoms with E-state index >= 15 is 0 Å². The van der Waals surface area contributed by atoms with Crippen molar-refractivity contribution in [2.45, 2.75) is 6.54 Å². The number of nitrogens with zero attached hydrogens (tertiary/aromatic N) is 5. The predicted octanol–water partition coefficient (Wildman–Crippen LogP) is 1.96. The molecule has 25 heavy (non-hydrogen) atoms. The first kappa shape index (κ1) is 15.6. The molecule has 0 saturated carbocycles. The number of carbonyl (C=O) groups excluding carboxylic acids is 1. The van der Waals surface area contributed by atoms with Gasteiger partial charge < -0.3 is 9.80 Å². The summed E-state index contributed by atoms with van der Waals surface area (Å²) in [7, 11) is 1.91. The molecular weight excluding hydrogens is 321 g/mol. The van der Waals surface area contributed by atoms with Gasteiger partial charge in [0.25, 0.3) is 0 Å². The van der Waals surface area contributed by atoms with Gasteiger partial charge in [-0.1, -0.05) is 12.1 Å². The van der Waals surface area contributed by atoms with Crippen LogP contribution in [-0.2, 0) is 18.4 Å². The molecule has 3 aromatic rings. The van der Waals surface area contributed by atoms with E-state index in [0.717, 1.165) is 22.7 Å². The normalized spacial score (nSPS) is 15.2. The quantitative estimate of drug-likeness (QED) is 0.732. The standard InChI is InChI=1S/C18H18FN5O/c1-22-17-15(3-2-8-20-17)21-18(22)24-10-9-23(16(25)12-24)11-13-4-6-14(19)7-5-13/h2-8H,9-12H2,1H3. The lowest BCUT2D eigenvalue weighted by molar-refractivity contribution is -0.131. The van der Waals surface area contributed by atoms with E-state index in [-0.39, 0.29) is 18.3 Å². The van der Waals surface area contributed by atoms with Gasteiger partial charge in [-0.15, -0.1) is 0 Å². The summed E-state index contributed by atoms with van der Waals surface area (Å²) in [5.74, 6) is 0.523. The van der Waals surface area contributed by atoms with Gasteiger partial charge in [-0.2, -0.15) is 0 Å². The van der Waals surface area contributed by atoms with Crippen molar-refractivity contribution >= 4 is 23.0 Å². The van der Waals surface area contributed by atoms with Crippen LogP contribution in [0.2, 0.25) is 0 Å². The molecule has 2 aromatic heterocycles. The Balaban J connectivity index is 1.50. The maximum absolute atomic E-state index is 13.0. The molecule has 0 N–H and O–H groups in total. The Morgan fingerprint density at radius 3 is 2.68 bits per heavy atom. The summed E-state index contributed by atoms with van der Waals surface area (Å²) in [4.78, 5) is 25.3. The van der Waals surface area contributed by atoms with Crippen molar-refractivity contribution in [2.75, 3.05) is 24.5 Å². The number of amides is 1. The van der Waals surface area contributed by atoms with Gasteiger partial charge in [0, 0.05) is 32.9 Å². The molecule has 1 saturated heterocycles. The Kier molecular flexibility index (Phi) is 3.83. The summed E-state index contributed by atoms with van der Waals surface area (Å²) in [5.41, 5.74) is 2.55. The number of piperazine rings is 1. The van der Waals surface area contributed by atoms with Crippen LogP contribution < -0.4 is 4.90 Å². The summed E-state index contributed by atoms with van der Waals surface area (Å²) in [6.45, 7) is 2.08. The Morgan fingerprint density at radius 1 is 1.16 bits per heavy atom. The minimum atomic E-state index is -0.268. The highest BCUT2D eigenvalue weighted by Gasteiger charge is 2.27. The third kappa shape index (κ3) is 2.93. The molecule has 1 amide bonds. The average Bonchev–Trinajstić information content (AvgIpc) is 2.96. The Bertz CT molecular complexity index is 921. The zero-order chi connectivity index (χ0) is 17.4. The molecule has 0 aliphatic carbocycles. The minimum absolute atomic E-state index is 0.0376. The van der Waals surface area contributed by atoms with Crippen molar-refractivity contribution in [1.29, 1.82) is 0 Å². The van der Waals surface area contributed by atoms with Crippen molar-refractivity contribution in [2.24, 2.45) is 7.05 Å². The maximum atomic E-state index is 13.0. The molecule has 0 bridgehead atoms. The molecule has 1 fully saturated rings. The van der Waals surface area contributed by atoms with Gasteiger partial charge in [0.15, 0.2) is 5.65 Å². The van der Waals surface area contributed by atoms with Crippen LogP contribution in [0.5, 0.6) is 0 Å². The highest BCUT2D eigenvalue weighted by Crippen LogP contribution is 2.21. The van der Waals surface area contributed by atoms with Crippen LogP contribution in [0.4, 0.5) is 10.3 Å². The molecular formula is C18H18FN5O. The van der Waals surface area contributed by atoms with E-state index in [1.54, 1.807) is 23.2 Å². The summed E-state index contributed by atoms with van der Waals surface area (Å²) in [6.07, 6.45) is 1.74. The van der Waals surface area contributed by atoms with Crippen LogP contribution in [0.15, 0.2) is 42.6 Å². The second-order valence-corrected chi connectivity index (χ2v) is 6.18. The third-order valence-corrected chi connectivity index (χ3v) is 4.49. The van der Waals surface area contributed by atoms with E-state index in [0.29, 0.717) is 19.6 Å². The van der Waals surface area contributed by atoms with Gasteiger partial charge in [0.1, 0.15) is 11.3 Å². The van der Waals surface area contributed by atoms with Gasteiger partial charge in [0.05, 0.1) is 6.54 Å². The van der Waals surface area contributed by atoms with E-state index in [1.807, 2.05) is 28.6 Å². The first-order valence-corrected chi connectivity index (χ1v) is 8.16. The molecule has 0 atom stereocenters. The predicted molar refractivity (Wildman–Crippen MR) is 92.5 cm³/mol. The second-order valence-electron chi connectivity index (χ2n) is 6.18. The van der Waals surface area contributed by atoms with Crippen molar-refractivity contribution in [3.05, 3.63) is 54.0 Å². The fourth-order valence-corrected chi connectivity index (χ4v) is 3.15. The van der Waals surface area contributed by atoms with Gasteiger partial charge >= 0.3 is 0 Å². The van der Waals surface area contributed by atoms with Crippen LogP contribution in [-0.4, -0.2) is 45.0 Å². The number of rotatable bonds is 3. The maximum Gasteiger partial charge on any atom is 0.242 e. The molecule has 128 valence electrons. The summed E-state index contributed by atoms with van der Waals surface area (Å²) in [5, 5.41) is 0. The second kappa shape index (κ2) is 6.16. The number of halogens is 1. The number of hydrogen-bond acceptors (Lipinski definition) is 4. The zero-order valence-electron chi connectivity index (χ0n) is 13.9. The number of carbonyl (C=O) groups is 1. The molecule has 1 aromatic carbocycles. The molecule has 1 aliphatic rings. The van der Waals surface area contributed by atoms with Crippen LogP contribution in [0.3, 0.4) is 0 Å². The first-order chi connectivity index (χ1) is 12.1. The van der Waals surface area contributed by atoms with E-state index in [9.17, 15) is 9.18 Å². The largest absolute Gasteiger partial charge is 0.335 e. The van der Waals surface area contributed by atoms with Crippen LogP contribution in [0, 0.1) is 5.82 Å². The van der Waals surface area contributed by atoms with E-state index in [2.05, 4.69) is 9.97 Å². The lowest BCUT2D eigenvalue weighted by Gasteiger charge is -2.34. The van der Waals surface area contributed by atoms with Crippen LogP contribution >= 0.6 is 0 Å². The third-order valence-electron chi connectivity index (χ3n) is 4.49. The smallest absolute Gasteiger partial charge is 0.242 e. The van der Waals surface area contributed by atoms with Crippen LogP contribution in [0.25, 0.3) is 11.2 Å². The minimum Gasteiger partial charge on any atom is -0.335 e. The number of aryl methyl sites for hydroxylation is 1. The summed E-state index contributed by atoms with van der Waals surface area (Å²) >= 11 is 0. The van der Waals surface area contributed by atoms with Crippen LogP contribution in [0.1, 0.15) is 5.56 Å².